The van der Waals surface area contributed by atoms with E-state index >= 15 is 0 Å². The molecule has 1 fully saturated rings. The van der Waals surface area contributed by atoms with Gasteiger partial charge in [-0.2, -0.15) is 5.26 Å². The molecule has 0 saturated carbocycles. The van der Waals surface area contributed by atoms with Crippen molar-refractivity contribution in [2.75, 3.05) is 6.54 Å². The average molecular weight is 246 g/mol. The smallest absolute Gasteiger partial charge is 0.137 e. The summed E-state index contributed by atoms with van der Waals surface area (Å²) in [5.41, 5.74) is 1.14. The molecule has 1 aromatic rings. The second-order valence-corrected chi connectivity index (χ2v) is 4.58. The number of piperidine rings is 1. The van der Waals surface area contributed by atoms with Crippen LogP contribution in [0.2, 0.25) is 0 Å². The number of likely N-dealkylation sites (tertiary alicyclic amines) is 1. The predicted octanol–water partition coefficient (Wildman–Crippen LogP) is 2.25. The maximum Gasteiger partial charge on any atom is 0.137 e. The second-order valence-electron chi connectivity index (χ2n) is 4.58. The van der Waals surface area contributed by atoms with Gasteiger partial charge in [-0.3, -0.25) is 4.90 Å². The molecule has 18 heavy (non-hydrogen) atoms. The fourth-order valence-corrected chi connectivity index (χ4v) is 2.39. The lowest BCUT2D eigenvalue weighted by Gasteiger charge is -2.32. The number of benzene rings is 1. The van der Waals surface area contributed by atoms with Gasteiger partial charge in [0.15, 0.2) is 0 Å². The molecule has 0 amide bonds. The minimum Gasteiger partial charge on any atom is -0.302 e. The van der Waals surface area contributed by atoms with Crippen LogP contribution in [0.15, 0.2) is 18.2 Å². The van der Waals surface area contributed by atoms with Crippen LogP contribution in [-0.2, 0) is 11.3 Å². The summed E-state index contributed by atoms with van der Waals surface area (Å²) >= 11 is 0. The van der Waals surface area contributed by atoms with E-state index < -0.39 is 0 Å². The number of nitrogens with zero attached hydrogens (tertiary/aromatic N) is 2. The van der Waals surface area contributed by atoms with Gasteiger partial charge in [-0.05, 0) is 43.1 Å². The molecule has 0 spiro atoms. The number of halogens is 1. The van der Waals surface area contributed by atoms with Crippen LogP contribution >= 0.6 is 0 Å². The standard InChI is InChI=1S/C14H15FN2O/c15-13-5-4-11(8-16)12(7-13)9-17-6-2-1-3-14(17)10-18/h4-5,7,10,14H,1-3,6,9H2. The first-order valence-electron chi connectivity index (χ1n) is 6.12. The average Bonchev–Trinajstić information content (AvgIpc) is 2.40. The molecule has 1 aromatic carbocycles. The molecule has 0 radical (unpaired) electrons. The van der Waals surface area contributed by atoms with E-state index in [1.165, 1.54) is 18.2 Å². The van der Waals surface area contributed by atoms with Crippen LogP contribution in [0.3, 0.4) is 0 Å². The van der Waals surface area contributed by atoms with Crippen molar-refractivity contribution in [3.63, 3.8) is 0 Å². The highest BCUT2D eigenvalue weighted by molar-refractivity contribution is 5.57. The minimum absolute atomic E-state index is 0.103. The molecule has 1 saturated heterocycles. The third kappa shape index (κ3) is 2.74. The fourth-order valence-electron chi connectivity index (χ4n) is 2.39. The van der Waals surface area contributed by atoms with E-state index in [2.05, 4.69) is 6.07 Å². The quantitative estimate of drug-likeness (QED) is 0.768. The van der Waals surface area contributed by atoms with Gasteiger partial charge in [-0.15, -0.1) is 0 Å². The first kappa shape index (κ1) is 12.7. The van der Waals surface area contributed by atoms with E-state index in [1.54, 1.807) is 0 Å². The summed E-state index contributed by atoms with van der Waals surface area (Å²) in [4.78, 5) is 13.0. The summed E-state index contributed by atoms with van der Waals surface area (Å²) in [5, 5.41) is 9.00. The SMILES string of the molecule is N#Cc1ccc(F)cc1CN1CCCCC1C=O. The van der Waals surface area contributed by atoms with Gasteiger partial charge < -0.3 is 4.79 Å². The highest BCUT2D eigenvalue weighted by atomic mass is 19.1. The van der Waals surface area contributed by atoms with E-state index in [-0.39, 0.29) is 11.9 Å². The van der Waals surface area contributed by atoms with Crippen LogP contribution in [0.1, 0.15) is 30.4 Å². The maximum absolute atomic E-state index is 13.2. The number of nitriles is 1. The summed E-state index contributed by atoms with van der Waals surface area (Å²) in [6, 6.07) is 6.12. The van der Waals surface area contributed by atoms with Crippen LogP contribution < -0.4 is 0 Å². The number of carbonyl (C=O) groups is 1. The third-order valence-corrected chi connectivity index (χ3v) is 3.38. The third-order valence-electron chi connectivity index (χ3n) is 3.38. The lowest BCUT2D eigenvalue weighted by atomic mass is 10.0. The Hall–Kier alpha value is -1.73. The summed E-state index contributed by atoms with van der Waals surface area (Å²) in [6.45, 7) is 1.29. The van der Waals surface area contributed by atoms with Gasteiger partial charge in [0.25, 0.3) is 0 Å². The largest absolute Gasteiger partial charge is 0.302 e. The fraction of sp³-hybridized carbons (Fsp3) is 0.429. The molecule has 1 unspecified atom stereocenters. The van der Waals surface area contributed by atoms with E-state index in [0.29, 0.717) is 17.7 Å². The molecule has 0 aromatic heterocycles. The molecule has 94 valence electrons. The maximum atomic E-state index is 13.2. The molecular formula is C14H15FN2O. The highest BCUT2D eigenvalue weighted by Gasteiger charge is 2.22. The van der Waals surface area contributed by atoms with E-state index in [0.717, 1.165) is 32.1 Å². The summed E-state index contributed by atoms with van der Waals surface area (Å²) < 4.78 is 13.2. The normalized spacial score (nSPS) is 20.3. The van der Waals surface area contributed by atoms with Crippen molar-refractivity contribution in [1.82, 2.24) is 4.90 Å². The van der Waals surface area contributed by atoms with Crippen molar-refractivity contribution >= 4 is 6.29 Å². The van der Waals surface area contributed by atoms with Crippen LogP contribution in [-0.4, -0.2) is 23.8 Å². The van der Waals surface area contributed by atoms with Crippen molar-refractivity contribution in [3.05, 3.63) is 35.1 Å². The van der Waals surface area contributed by atoms with E-state index in [9.17, 15) is 9.18 Å². The van der Waals surface area contributed by atoms with Gasteiger partial charge in [-0.1, -0.05) is 6.42 Å². The Morgan fingerprint density at radius 1 is 1.50 bits per heavy atom. The monoisotopic (exact) mass is 246 g/mol. The first-order valence-corrected chi connectivity index (χ1v) is 6.12. The second kappa shape index (κ2) is 5.74. The first-order chi connectivity index (χ1) is 8.74. The number of hydrogen-bond acceptors (Lipinski definition) is 3. The number of aldehydes is 1. The van der Waals surface area contributed by atoms with Gasteiger partial charge in [-0.25, -0.2) is 4.39 Å². The Morgan fingerprint density at radius 3 is 3.06 bits per heavy atom. The van der Waals surface area contributed by atoms with Gasteiger partial charge in [0.05, 0.1) is 17.7 Å². The van der Waals surface area contributed by atoms with Crippen LogP contribution in [0, 0.1) is 17.1 Å². The van der Waals surface area contributed by atoms with E-state index in [4.69, 9.17) is 5.26 Å². The zero-order valence-corrected chi connectivity index (χ0v) is 10.1. The zero-order valence-electron chi connectivity index (χ0n) is 10.1. The van der Waals surface area contributed by atoms with Crippen molar-refractivity contribution in [3.8, 4) is 6.07 Å². The molecule has 4 heteroatoms. The molecule has 1 heterocycles. The lowest BCUT2D eigenvalue weighted by molar-refractivity contribution is -0.113. The van der Waals surface area contributed by atoms with Crippen molar-refractivity contribution in [2.45, 2.75) is 31.8 Å². The summed E-state index contributed by atoms with van der Waals surface area (Å²) in [5.74, 6) is -0.344. The molecular weight excluding hydrogens is 231 g/mol. The van der Waals surface area contributed by atoms with E-state index in [1.807, 2.05) is 4.90 Å². The molecule has 1 atom stereocenters. The van der Waals surface area contributed by atoms with Gasteiger partial charge in [0, 0.05) is 6.54 Å². The van der Waals surface area contributed by atoms with Crippen LogP contribution in [0.5, 0.6) is 0 Å². The number of carbonyl (C=O) groups excluding carboxylic acids is 1. The Kier molecular flexibility index (Phi) is 4.06. The van der Waals surface area contributed by atoms with Gasteiger partial charge in [0.1, 0.15) is 12.1 Å². The zero-order chi connectivity index (χ0) is 13.0. The summed E-state index contributed by atoms with van der Waals surface area (Å²) in [7, 11) is 0. The highest BCUT2D eigenvalue weighted by Crippen LogP contribution is 2.20. The van der Waals surface area contributed by atoms with Crippen molar-refractivity contribution < 1.29 is 9.18 Å². The minimum atomic E-state index is -0.344. The number of rotatable bonds is 3. The molecule has 1 aliphatic heterocycles. The van der Waals surface area contributed by atoms with Crippen LogP contribution in [0.4, 0.5) is 4.39 Å². The molecule has 0 bridgehead atoms. The van der Waals surface area contributed by atoms with Gasteiger partial charge in [0.2, 0.25) is 0 Å². The predicted molar refractivity (Wildman–Crippen MR) is 65.2 cm³/mol. The van der Waals surface area contributed by atoms with Crippen molar-refractivity contribution in [1.29, 1.82) is 5.26 Å². The topological polar surface area (TPSA) is 44.1 Å². The van der Waals surface area contributed by atoms with Crippen molar-refractivity contribution in [2.24, 2.45) is 0 Å². The molecule has 0 N–H and O–H groups in total. The van der Waals surface area contributed by atoms with Gasteiger partial charge >= 0.3 is 0 Å². The molecule has 1 aliphatic rings. The Morgan fingerprint density at radius 2 is 2.33 bits per heavy atom. The molecule has 0 aliphatic carbocycles. The molecule has 2 rings (SSSR count). The number of hydrogen-bond donors (Lipinski definition) is 0. The Labute approximate surface area is 106 Å². The Bertz CT molecular complexity index is 481. The Balaban J connectivity index is 2.19. The molecule has 3 nitrogen and oxygen atoms in total. The lowest BCUT2D eigenvalue weighted by Crippen LogP contribution is -2.40. The van der Waals surface area contributed by atoms with Crippen LogP contribution in [0.25, 0.3) is 0 Å². The summed E-state index contributed by atoms with van der Waals surface area (Å²) in [6.07, 6.45) is 3.89.